The van der Waals surface area contributed by atoms with Crippen molar-refractivity contribution in [2.45, 2.75) is 6.04 Å². The number of rotatable bonds is 2. The van der Waals surface area contributed by atoms with Gasteiger partial charge in [-0.2, -0.15) is 0 Å². The van der Waals surface area contributed by atoms with Gasteiger partial charge in [0.15, 0.2) is 0 Å². The third kappa shape index (κ3) is 2.61. The summed E-state index contributed by atoms with van der Waals surface area (Å²) in [5, 5.41) is 16.7. The number of hydrogen-bond donors (Lipinski definition) is 2. The summed E-state index contributed by atoms with van der Waals surface area (Å²) >= 11 is 0. The van der Waals surface area contributed by atoms with E-state index >= 15 is 0 Å². The van der Waals surface area contributed by atoms with Crippen LogP contribution in [0.1, 0.15) is 17.2 Å². The number of para-hydroxylation sites is 1. The predicted octanol–water partition coefficient (Wildman–Crippen LogP) is 2.23. The number of amides is 1. The number of nitrogens with one attached hydrogen (secondary N) is 2. The van der Waals surface area contributed by atoms with Crippen molar-refractivity contribution in [1.82, 2.24) is 5.32 Å². The van der Waals surface area contributed by atoms with E-state index in [0.29, 0.717) is 0 Å². The molecule has 1 amide bonds. The van der Waals surface area contributed by atoms with E-state index in [9.17, 15) is 14.9 Å². The summed E-state index contributed by atoms with van der Waals surface area (Å²) in [5.41, 5.74) is 2.63. The highest BCUT2D eigenvalue weighted by Gasteiger charge is 2.22. The van der Waals surface area contributed by atoms with Crippen LogP contribution in [0.5, 0.6) is 0 Å². The van der Waals surface area contributed by atoms with Crippen LogP contribution in [-0.2, 0) is 4.79 Å². The molecule has 6 heteroatoms. The lowest BCUT2D eigenvalue weighted by Gasteiger charge is -2.18. The Bertz CT molecular complexity index is 698. The van der Waals surface area contributed by atoms with Gasteiger partial charge < -0.3 is 5.32 Å². The quantitative estimate of drug-likeness (QED) is 0.654. The van der Waals surface area contributed by atoms with Crippen molar-refractivity contribution in [2.24, 2.45) is 0 Å². The molecule has 1 aliphatic rings. The topological polar surface area (TPSA) is 84.3 Å². The Morgan fingerprint density at radius 3 is 2.52 bits per heavy atom. The van der Waals surface area contributed by atoms with Gasteiger partial charge in [0.25, 0.3) is 5.69 Å². The number of benzene rings is 2. The first kappa shape index (κ1) is 13.3. The highest BCUT2D eigenvalue weighted by molar-refractivity contribution is 5.94. The van der Waals surface area contributed by atoms with Crippen molar-refractivity contribution in [2.75, 3.05) is 11.9 Å². The highest BCUT2D eigenvalue weighted by atomic mass is 16.6. The van der Waals surface area contributed by atoms with E-state index in [2.05, 4.69) is 10.6 Å². The summed E-state index contributed by atoms with van der Waals surface area (Å²) < 4.78 is 0. The lowest BCUT2D eigenvalue weighted by atomic mass is 9.97. The zero-order chi connectivity index (χ0) is 14.8. The third-order valence-corrected chi connectivity index (χ3v) is 3.45. The molecule has 0 aliphatic carbocycles. The van der Waals surface area contributed by atoms with Gasteiger partial charge in [0.05, 0.1) is 17.5 Å². The molecule has 2 aromatic rings. The Morgan fingerprint density at radius 2 is 1.81 bits per heavy atom. The van der Waals surface area contributed by atoms with Gasteiger partial charge in [0.1, 0.15) is 0 Å². The molecular formula is C15H13N3O3. The molecule has 1 heterocycles. The molecule has 1 unspecified atom stereocenters. The number of nitrogens with zero attached hydrogens (tertiary/aromatic N) is 1. The minimum Gasteiger partial charge on any atom is -0.325 e. The first-order chi connectivity index (χ1) is 10.1. The van der Waals surface area contributed by atoms with Crippen LogP contribution < -0.4 is 10.6 Å². The van der Waals surface area contributed by atoms with Gasteiger partial charge in [-0.1, -0.05) is 30.3 Å². The molecule has 0 saturated heterocycles. The molecule has 2 aromatic carbocycles. The van der Waals surface area contributed by atoms with Gasteiger partial charge in [-0.25, -0.2) is 0 Å². The first-order valence-electron chi connectivity index (χ1n) is 6.51. The van der Waals surface area contributed by atoms with E-state index in [4.69, 9.17) is 0 Å². The summed E-state index contributed by atoms with van der Waals surface area (Å²) in [6.45, 7) is 0.191. The molecule has 106 valence electrons. The fourth-order valence-corrected chi connectivity index (χ4v) is 2.45. The third-order valence-electron chi connectivity index (χ3n) is 3.45. The molecule has 0 fully saturated rings. The largest absolute Gasteiger partial charge is 0.325 e. The molecule has 0 aromatic heterocycles. The molecule has 0 spiro atoms. The van der Waals surface area contributed by atoms with Crippen LogP contribution in [0.4, 0.5) is 11.4 Å². The SMILES string of the molecule is O=C1CNC(c2ccc([N+](=O)[O-])cc2)c2ccccc2N1. The van der Waals surface area contributed by atoms with Gasteiger partial charge in [0.2, 0.25) is 5.91 Å². The monoisotopic (exact) mass is 283 g/mol. The average Bonchev–Trinajstić information content (AvgIpc) is 2.65. The Balaban J connectivity index is 2.01. The lowest BCUT2D eigenvalue weighted by Crippen LogP contribution is -2.27. The molecule has 0 saturated carbocycles. The second-order valence-corrected chi connectivity index (χ2v) is 4.80. The number of hydrogen-bond acceptors (Lipinski definition) is 4. The van der Waals surface area contributed by atoms with Crippen LogP contribution in [0, 0.1) is 10.1 Å². The van der Waals surface area contributed by atoms with E-state index in [1.807, 2.05) is 24.3 Å². The summed E-state index contributed by atoms with van der Waals surface area (Å²) in [6, 6.07) is 13.7. The molecule has 1 atom stereocenters. The zero-order valence-electron chi connectivity index (χ0n) is 11.1. The highest BCUT2D eigenvalue weighted by Crippen LogP contribution is 2.30. The lowest BCUT2D eigenvalue weighted by molar-refractivity contribution is -0.384. The van der Waals surface area contributed by atoms with Gasteiger partial charge in [-0.15, -0.1) is 0 Å². The Hall–Kier alpha value is -2.73. The van der Waals surface area contributed by atoms with Crippen LogP contribution in [0.15, 0.2) is 48.5 Å². The maximum absolute atomic E-state index is 11.7. The van der Waals surface area contributed by atoms with Crippen LogP contribution in [0.25, 0.3) is 0 Å². The fourth-order valence-electron chi connectivity index (χ4n) is 2.45. The zero-order valence-corrected chi connectivity index (χ0v) is 11.1. The van der Waals surface area contributed by atoms with E-state index in [-0.39, 0.29) is 24.2 Å². The van der Waals surface area contributed by atoms with Crippen molar-refractivity contribution >= 4 is 17.3 Å². The summed E-state index contributed by atoms with van der Waals surface area (Å²) in [5.74, 6) is -0.105. The van der Waals surface area contributed by atoms with E-state index in [1.165, 1.54) is 12.1 Å². The van der Waals surface area contributed by atoms with Crippen LogP contribution >= 0.6 is 0 Å². The Morgan fingerprint density at radius 1 is 1.10 bits per heavy atom. The first-order valence-corrected chi connectivity index (χ1v) is 6.51. The number of anilines is 1. The summed E-state index contributed by atoms with van der Waals surface area (Å²) in [6.07, 6.45) is 0. The number of carbonyl (C=O) groups excluding carboxylic acids is 1. The van der Waals surface area contributed by atoms with Crippen LogP contribution in [0.3, 0.4) is 0 Å². The maximum atomic E-state index is 11.7. The molecular weight excluding hydrogens is 270 g/mol. The van der Waals surface area contributed by atoms with Crippen LogP contribution in [-0.4, -0.2) is 17.4 Å². The van der Waals surface area contributed by atoms with E-state index in [1.54, 1.807) is 12.1 Å². The predicted molar refractivity (Wildman–Crippen MR) is 78.0 cm³/mol. The molecule has 0 radical (unpaired) electrons. The van der Waals surface area contributed by atoms with Crippen LogP contribution in [0.2, 0.25) is 0 Å². The van der Waals surface area contributed by atoms with Gasteiger partial charge in [-0.3, -0.25) is 20.2 Å². The average molecular weight is 283 g/mol. The molecule has 21 heavy (non-hydrogen) atoms. The van der Waals surface area contributed by atoms with Gasteiger partial charge in [0, 0.05) is 17.8 Å². The Kier molecular flexibility index (Phi) is 3.37. The number of non-ortho nitro benzene ring substituents is 1. The molecule has 6 nitrogen and oxygen atoms in total. The van der Waals surface area contributed by atoms with Gasteiger partial charge >= 0.3 is 0 Å². The normalized spacial score (nSPS) is 17.5. The standard InChI is InChI=1S/C15H13N3O3/c19-14-9-16-15(12-3-1-2-4-13(12)17-14)10-5-7-11(8-6-10)18(20)21/h1-8,15-16H,9H2,(H,17,19). The fraction of sp³-hybridized carbons (Fsp3) is 0.133. The maximum Gasteiger partial charge on any atom is 0.269 e. The smallest absolute Gasteiger partial charge is 0.269 e. The van der Waals surface area contributed by atoms with E-state index in [0.717, 1.165) is 16.8 Å². The molecule has 0 bridgehead atoms. The van der Waals surface area contributed by atoms with E-state index < -0.39 is 4.92 Å². The van der Waals surface area contributed by atoms with Crippen molar-refractivity contribution in [3.63, 3.8) is 0 Å². The minimum absolute atomic E-state index is 0.0508. The van der Waals surface area contributed by atoms with Crippen molar-refractivity contribution in [1.29, 1.82) is 0 Å². The number of nitro benzene ring substituents is 1. The van der Waals surface area contributed by atoms with Gasteiger partial charge in [-0.05, 0) is 17.2 Å². The molecule has 1 aliphatic heterocycles. The van der Waals surface area contributed by atoms with Crippen molar-refractivity contribution in [3.8, 4) is 0 Å². The number of fused-ring (bicyclic) bond motifs is 1. The summed E-state index contributed by atoms with van der Waals surface area (Å²) in [7, 11) is 0. The number of carbonyl (C=O) groups is 1. The second kappa shape index (κ2) is 5.34. The second-order valence-electron chi connectivity index (χ2n) is 4.80. The minimum atomic E-state index is -0.427. The number of nitro groups is 1. The molecule has 3 rings (SSSR count). The van der Waals surface area contributed by atoms with Crippen molar-refractivity contribution in [3.05, 3.63) is 69.8 Å². The summed E-state index contributed by atoms with van der Waals surface area (Å²) in [4.78, 5) is 22.0. The molecule has 2 N–H and O–H groups in total. The Labute approximate surface area is 120 Å². The van der Waals surface area contributed by atoms with Crippen molar-refractivity contribution < 1.29 is 9.72 Å².